The minimum absolute atomic E-state index is 0.0299. The first-order valence-electron chi connectivity index (χ1n) is 13.9. The van der Waals surface area contributed by atoms with Gasteiger partial charge in [-0.1, -0.05) is 48.7 Å². The van der Waals surface area contributed by atoms with Crippen LogP contribution in [0.3, 0.4) is 0 Å². The normalized spacial score (nSPS) is 16.0. The summed E-state index contributed by atoms with van der Waals surface area (Å²) in [7, 11) is 0. The molecule has 1 aliphatic carbocycles. The van der Waals surface area contributed by atoms with Gasteiger partial charge in [0.1, 0.15) is 5.82 Å². The van der Waals surface area contributed by atoms with E-state index in [9.17, 15) is 31.1 Å². The Morgan fingerprint density at radius 1 is 0.915 bits per heavy atom. The van der Waals surface area contributed by atoms with Crippen LogP contribution in [0.25, 0.3) is 10.9 Å². The third-order valence-electron chi connectivity index (χ3n) is 6.61. The number of benzene rings is 2. The molecule has 8 N–H and O–H groups in total. The number of carboxylic acids is 2. The van der Waals surface area contributed by atoms with E-state index in [1.165, 1.54) is 0 Å². The van der Waals surface area contributed by atoms with E-state index < -0.39 is 24.3 Å². The number of carbonyl (C=O) groups excluding carboxylic acids is 1. The van der Waals surface area contributed by atoms with Crippen LogP contribution in [-0.2, 0) is 16.1 Å². The third-order valence-corrected chi connectivity index (χ3v) is 6.61. The van der Waals surface area contributed by atoms with Crippen LogP contribution in [0, 0.1) is 13.8 Å². The molecule has 2 atom stereocenters. The highest BCUT2D eigenvalue weighted by Crippen LogP contribution is 2.28. The minimum atomic E-state index is -5.08. The summed E-state index contributed by atoms with van der Waals surface area (Å²) in [5.41, 5.74) is 15.3. The number of aliphatic imine (C=N–C) groups is 1. The largest absolute Gasteiger partial charge is 0.490 e. The molecule has 0 radical (unpaired) electrons. The number of anilines is 1. The summed E-state index contributed by atoms with van der Waals surface area (Å²) in [6.45, 7) is 4.46. The lowest BCUT2D eigenvalue weighted by atomic mass is 9.90. The molecule has 1 fully saturated rings. The molecule has 47 heavy (non-hydrogen) atoms. The summed E-state index contributed by atoms with van der Waals surface area (Å²) >= 11 is 0. The molecular formula is C29H33F6N7O5. The molecule has 1 amide bonds. The monoisotopic (exact) mass is 673 g/mol. The van der Waals surface area contributed by atoms with E-state index in [4.69, 9.17) is 31.3 Å². The van der Waals surface area contributed by atoms with Gasteiger partial charge in [0, 0.05) is 11.9 Å². The highest BCUT2D eigenvalue weighted by Gasteiger charge is 2.39. The molecule has 4 rings (SSSR count). The molecule has 0 aliphatic heterocycles. The Hall–Kier alpha value is -5.16. The molecular weight excluding hydrogens is 640 g/mol. The number of carboxylic acid groups (broad SMARTS) is 2. The zero-order valence-corrected chi connectivity index (χ0v) is 25.1. The van der Waals surface area contributed by atoms with Crippen LogP contribution < -0.4 is 22.1 Å². The standard InChI is InChI=1S/C25H31N7O.2C2HF3O2/c1-15-11-12-19-18(13-15)22(30-20-9-5-6-10-21(20)31-25(26)27)32-23(29-19)24(33)28-14-17-8-4-3-7-16(17)2;2*3-2(4,5)1(6)7/h3-4,7-8,11-13,20-21H,5-6,9-10,14H2,1-2H3,(H,28,33)(H4,26,27,31)(H,29,30,32);2*(H,6,7). The lowest BCUT2D eigenvalue weighted by molar-refractivity contribution is -0.193. The van der Waals surface area contributed by atoms with Crippen LogP contribution in [0.15, 0.2) is 47.5 Å². The topological polar surface area (TPSA) is 206 Å². The number of nitrogens with zero attached hydrogens (tertiary/aromatic N) is 3. The summed E-state index contributed by atoms with van der Waals surface area (Å²) in [6.07, 6.45) is -6.18. The number of guanidine groups is 1. The molecule has 1 aromatic heterocycles. The van der Waals surface area contributed by atoms with E-state index in [0.717, 1.165) is 47.8 Å². The van der Waals surface area contributed by atoms with E-state index in [0.29, 0.717) is 17.9 Å². The van der Waals surface area contributed by atoms with Crippen molar-refractivity contribution in [2.24, 2.45) is 16.5 Å². The van der Waals surface area contributed by atoms with Crippen molar-refractivity contribution in [2.75, 3.05) is 5.32 Å². The highest BCUT2D eigenvalue weighted by molar-refractivity contribution is 5.96. The molecule has 2 aromatic carbocycles. The summed E-state index contributed by atoms with van der Waals surface area (Å²) in [6, 6.07) is 13.9. The second-order valence-electron chi connectivity index (χ2n) is 10.3. The lowest BCUT2D eigenvalue weighted by Gasteiger charge is -2.30. The first kappa shape index (κ1) is 38.0. The fourth-order valence-corrected chi connectivity index (χ4v) is 4.32. The number of aromatic nitrogens is 2. The molecule has 1 aliphatic rings. The van der Waals surface area contributed by atoms with Gasteiger partial charge >= 0.3 is 24.3 Å². The first-order valence-corrected chi connectivity index (χ1v) is 13.9. The number of fused-ring (bicyclic) bond motifs is 1. The van der Waals surface area contributed by atoms with E-state index >= 15 is 0 Å². The van der Waals surface area contributed by atoms with E-state index in [1.807, 2.05) is 56.3 Å². The van der Waals surface area contributed by atoms with Crippen molar-refractivity contribution in [1.29, 1.82) is 0 Å². The van der Waals surface area contributed by atoms with Gasteiger partial charge in [-0.05, 0) is 49.9 Å². The number of carbonyl (C=O) groups is 3. The molecule has 12 nitrogen and oxygen atoms in total. The highest BCUT2D eigenvalue weighted by atomic mass is 19.4. The van der Waals surface area contributed by atoms with Gasteiger partial charge in [0.2, 0.25) is 5.82 Å². The van der Waals surface area contributed by atoms with Crippen molar-refractivity contribution in [3.05, 3.63) is 65.0 Å². The number of halogens is 6. The Bertz CT molecular complexity index is 1570. The lowest BCUT2D eigenvalue weighted by Crippen LogP contribution is -2.38. The van der Waals surface area contributed by atoms with Gasteiger partial charge < -0.3 is 32.3 Å². The van der Waals surface area contributed by atoms with Crippen LogP contribution in [-0.4, -0.2) is 68.4 Å². The molecule has 256 valence electrons. The molecule has 2 unspecified atom stereocenters. The average molecular weight is 674 g/mol. The van der Waals surface area contributed by atoms with Crippen molar-refractivity contribution in [2.45, 2.75) is 70.5 Å². The molecule has 0 bridgehead atoms. The van der Waals surface area contributed by atoms with Crippen LogP contribution in [0.2, 0.25) is 0 Å². The van der Waals surface area contributed by atoms with E-state index in [2.05, 4.69) is 25.6 Å². The summed E-state index contributed by atoms with van der Waals surface area (Å²) in [5, 5.41) is 21.6. The van der Waals surface area contributed by atoms with Gasteiger partial charge in [0.15, 0.2) is 5.96 Å². The van der Waals surface area contributed by atoms with Gasteiger partial charge in [-0.2, -0.15) is 26.3 Å². The van der Waals surface area contributed by atoms with Crippen molar-refractivity contribution >= 4 is 40.5 Å². The number of aryl methyl sites for hydroxylation is 2. The fraction of sp³-hybridized carbons (Fsp3) is 0.379. The zero-order chi connectivity index (χ0) is 35.5. The van der Waals surface area contributed by atoms with E-state index in [-0.39, 0.29) is 29.8 Å². The maximum absolute atomic E-state index is 13.0. The van der Waals surface area contributed by atoms with Gasteiger partial charge in [-0.15, -0.1) is 0 Å². The molecule has 1 heterocycles. The number of hydrogen-bond donors (Lipinski definition) is 6. The number of amides is 1. The van der Waals surface area contributed by atoms with Gasteiger partial charge in [-0.3, -0.25) is 4.79 Å². The van der Waals surface area contributed by atoms with Gasteiger partial charge in [0.25, 0.3) is 5.91 Å². The van der Waals surface area contributed by atoms with Crippen molar-refractivity contribution in [3.8, 4) is 0 Å². The number of nitrogens with one attached hydrogen (secondary N) is 2. The van der Waals surface area contributed by atoms with Gasteiger partial charge in [0.05, 0.1) is 17.6 Å². The third kappa shape index (κ3) is 12.3. The van der Waals surface area contributed by atoms with Crippen LogP contribution in [0.4, 0.5) is 32.2 Å². The molecule has 18 heteroatoms. The zero-order valence-electron chi connectivity index (χ0n) is 25.1. The van der Waals surface area contributed by atoms with Crippen molar-refractivity contribution in [1.82, 2.24) is 15.3 Å². The maximum atomic E-state index is 13.0. The number of hydrogen-bond acceptors (Lipinski definition) is 7. The Balaban J connectivity index is 0.000000459. The van der Waals surface area contributed by atoms with Crippen molar-refractivity contribution < 1.29 is 50.9 Å². The Morgan fingerprint density at radius 2 is 1.49 bits per heavy atom. The Kier molecular flexibility index (Phi) is 13.3. The predicted octanol–water partition coefficient (Wildman–Crippen LogP) is 4.44. The van der Waals surface area contributed by atoms with Crippen molar-refractivity contribution in [3.63, 3.8) is 0 Å². The van der Waals surface area contributed by atoms with E-state index in [1.54, 1.807) is 0 Å². The molecule has 0 saturated heterocycles. The van der Waals surface area contributed by atoms with Gasteiger partial charge in [-0.25, -0.2) is 24.5 Å². The number of aliphatic carboxylic acids is 2. The number of alkyl halides is 6. The number of rotatable bonds is 6. The Morgan fingerprint density at radius 3 is 2.04 bits per heavy atom. The fourth-order valence-electron chi connectivity index (χ4n) is 4.32. The summed E-state index contributed by atoms with van der Waals surface area (Å²) in [5.74, 6) is -4.97. The maximum Gasteiger partial charge on any atom is 0.490 e. The minimum Gasteiger partial charge on any atom is -0.475 e. The first-order chi connectivity index (χ1) is 21.8. The predicted molar refractivity (Wildman–Crippen MR) is 159 cm³/mol. The average Bonchev–Trinajstić information content (AvgIpc) is 2.97. The van der Waals surface area contributed by atoms with Crippen LogP contribution in [0.5, 0.6) is 0 Å². The Labute approximate surface area is 264 Å². The quantitative estimate of drug-likeness (QED) is 0.123. The molecule has 1 saturated carbocycles. The smallest absolute Gasteiger partial charge is 0.475 e. The van der Waals surface area contributed by atoms with Crippen LogP contribution >= 0.6 is 0 Å². The summed E-state index contributed by atoms with van der Waals surface area (Å²) in [4.78, 5) is 44.4. The van der Waals surface area contributed by atoms with Crippen LogP contribution in [0.1, 0.15) is 53.0 Å². The molecule has 0 spiro atoms. The SMILES string of the molecule is Cc1ccc2nc(C(=O)NCc3ccccc3C)nc(NC3CCCCC3N=C(N)N)c2c1.O=C(O)C(F)(F)F.O=C(O)C(F)(F)F. The second-order valence-corrected chi connectivity index (χ2v) is 10.3. The summed E-state index contributed by atoms with van der Waals surface area (Å²) < 4.78 is 63.5. The molecule has 3 aromatic rings. The number of nitrogens with two attached hydrogens (primary N) is 2. The second kappa shape index (κ2) is 16.4.